The van der Waals surface area contributed by atoms with Gasteiger partial charge in [0.15, 0.2) is 0 Å². The van der Waals surface area contributed by atoms with Crippen LogP contribution < -0.4 is 21.3 Å². The van der Waals surface area contributed by atoms with Gasteiger partial charge < -0.3 is 26.2 Å². The van der Waals surface area contributed by atoms with Gasteiger partial charge in [-0.15, -0.1) is 0 Å². The molecule has 4 N–H and O–H groups in total. The highest BCUT2D eigenvalue weighted by molar-refractivity contribution is 6.38. The first-order valence-corrected chi connectivity index (χ1v) is 18.0. The lowest BCUT2D eigenvalue weighted by Gasteiger charge is -2.38. The first-order valence-electron chi connectivity index (χ1n) is 18.0. The van der Waals surface area contributed by atoms with E-state index in [2.05, 4.69) is 31.2 Å². The van der Waals surface area contributed by atoms with Crippen molar-refractivity contribution in [1.82, 2.24) is 36.1 Å². The number of amides is 5. The summed E-state index contributed by atoms with van der Waals surface area (Å²) in [6.07, 6.45) is 13.4. The maximum absolute atomic E-state index is 14.5. The first kappa shape index (κ1) is 39.5. The monoisotopic (exact) mass is 683 g/mol. The van der Waals surface area contributed by atoms with Gasteiger partial charge >= 0.3 is 0 Å². The van der Waals surface area contributed by atoms with E-state index in [9.17, 15) is 28.8 Å². The molecule has 0 spiro atoms. The quantitative estimate of drug-likeness (QED) is 0.192. The van der Waals surface area contributed by atoms with E-state index in [1.54, 1.807) is 13.8 Å². The van der Waals surface area contributed by atoms with Crippen molar-refractivity contribution in [2.24, 2.45) is 17.3 Å². The number of hydrogen-bond donors (Lipinski definition) is 4. The van der Waals surface area contributed by atoms with Crippen LogP contribution in [0.2, 0.25) is 0 Å². The Balaban J connectivity index is 1.84. The zero-order valence-corrected chi connectivity index (χ0v) is 30.2. The molecule has 1 heterocycles. The normalized spacial score (nSPS) is 17.4. The van der Waals surface area contributed by atoms with Gasteiger partial charge in [-0.1, -0.05) is 66.2 Å². The minimum absolute atomic E-state index is 0.0925. The van der Waals surface area contributed by atoms with Gasteiger partial charge in [0.1, 0.15) is 17.8 Å². The smallest absolute Gasteiger partial charge is 0.289 e. The van der Waals surface area contributed by atoms with Gasteiger partial charge in [-0.2, -0.15) is 0 Å². The Labute approximate surface area is 290 Å². The molecule has 13 nitrogen and oxygen atoms in total. The zero-order chi connectivity index (χ0) is 36.1. The molecule has 3 rings (SSSR count). The van der Waals surface area contributed by atoms with Crippen molar-refractivity contribution in [3.8, 4) is 0 Å². The predicted molar refractivity (Wildman–Crippen MR) is 185 cm³/mol. The summed E-state index contributed by atoms with van der Waals surface area (Å²) < 4.78 is 0. The average Bonchev–Trinajstić information content (AvgIpc) is 3.58. The van der Waals surface area contributed by atoms with Gasteiger partial charge in [0.05, 0.1) is 18.8 Å². The van der Waals surface area contributed by atoms with Gasteiger partial charge in [-0.25, -0.2) is 4.98 Å². The van der Waals surface area contributed by atoms with Gasteiger partial charge in [0.25, 0.3) is 11.8 Å². The van der Waals surface area contributed by atoms with Crippen LogP contribution in [0.25, 0.3) is 0 Å². The minimum Gasteiger partial charge on any atom is -0.347 e. The summed E-state index contributed by atoms with van der Waals surface area (Å²) in [6, 6.07) is -3.17. The van der Waals surface area contributed by atoms with Gasteiger partial charge in [-0.05, 0) is 63.2 Å². The van der Waals surface area contributed by atoms with Crippen LogP contribution in [0.3, 0.4) is 0 Å². The van der Waals surface area contributed by atoms with Gasteiger partial charge in [0.2, 0.25) is 23.5 Å². The standard InChI is InChI=1S/C36H57N7O6/c1-7-13-26(30(45)34(48)39-23(2)3)40-28(44)22-43(21-24-14-11-12-15-24)35(49)31(36(4,5)6)42-33(47)29(25-16-9-8-10-17-25)41-32(46)27-20-37-18-19-38-27/h18-20,23-26,29,31H,7-17,21-22H2,1-6H3,(H,39,48)(H,40,44)(H,41,46)(H,42,47)/t26-,29?,31?/m0/s1. The Hall–Kier alpha value is -3.90. The molecule has 0 saturated heterocycles. The van der Waals surface area contributed by atoms with Crippen LogP contribution in [0.1, 0.15) is 123 Å². The average molecular weight is 684 g/mol. The molecule has 2 aliphatic carbocycles. The molecule has 0 aromatic carbocycles. The topological polar surface area (TPSA) is 180 Å². The molecule has 3 atom stereocenters. The van der Waals surface area contributed by atoms with Gasteiger partial charge in [-0.3, -0.25) is 33.8 Å². The highest BCUT2D eigenvalue weighted by Crippen LogP contribution is 2.29. The SMILES string of the molecule is CCC[C@H](NC(=O)CN(CC1CCCC1)C(=O)C(NC(=O)C(NC(=O)c1cnccn1)C1CCCCC1)C(C)(C)C)C(=O)C(=O)NC(C)C. The van der Waals surface area contributed by atoms with E-state index in [-0.39, 0.29) is 36.5 Å². The molecule has 5 amide bonds. The molecule has 272 valence electrons. The highest BCUT2D eigenvalue weighted by Gasteiger charge is 2.41. The Kier molecular flexibility index (Phi) is 15.1. The summed E-state index contributed by atoms with van der Waals surface area (Å²) >= 11 is 0. The van der Waals surface area contributed by atoms with Crippen LogP contribution >= 0.6 is 0 Å². The molecule has 2 unspecified atom stereocenters. The van der Waals surface area contributed by atoms with E-state index >= 15 is 0 Å². The van der Waals surface area contributed by atoms with Gasteiger partial charge in [0, 0.05) is 25.0 Å². The van der Waals surface area contributed by atoms with Crippen molar-refractivity contribution < 1.29 is 28.8 Å². The van der Waals surface area contributed by atoms with Crippen LogP contribution in [-0.4, -0.2) is 87.4 Å². The highest BCUT2D eigenvalue weighted by atomic mass is 16.2. The molecule has 0 aliphatic heterocycles. The Morgan fingerprint density at radius 3 is 2.10 bits per heavy atom. The molecule has 0 bridgehead atoms. The van der Waals surface area contributed by atoms with Crippen molar-refractivity contribution in [1.29, 1.82) is 0 Å². The number of nitrogens with one attached hydrogen (secondary N) is 4. The molecule has 2 fully saturated rings. The fourth-order valence-corrected chi connectivity index (χ4v) is 6.76. The van der Waals surface area contributed by atoms with Crippen LogP contribution in [0, 0.1) is 17.3 Å². The molecular weight excluding hydrogens is 626 g/mol. The number of aromatic nitrogens is 2. The maximum Gasteiger partial charge on any atom is 0.289 e. The van der Waals surface area contributed by atoms with E-state index in [0.29, 0.717) is 13.0 Å². The predicted octanol–water partition coefficient (Wildman–Crippen LogP) is 3.08. The third-order valence-corrected chi connectivity index (χ3v) is 9.36. The molecule has 2 saturated carbocycles. The van der Waals surface area contributed by atoms with E-state index in [1.165, 1.54) is 23.5 Å². The van der Waals surface area contributed by atoms with Crippen molar-refractivity contribution in [3.05, 3.63) is 24.3 Å². The van der Waals surface area contributed by atoms with Crippen LogP contribution in [-0.2, 0) is 24.0 Å². The fraction of sp³-hybridized carbons (Fsp3) is 0.722. The van der Waals surface area contributed by atoms with E-state index in [1.807, 2.05) is 27.7 Å². The second kappa shape index (κ2) is 18.7. The lowest BCUT2D eigenvalue weighted by atomic mass is 9.82. The summed E-state index contributed by atoms with van der Waals surface area (Å²) in [7, 11) is 0. The number of carbonyl (C=O) groups excluding carboxylic acids is 6. The number of hydrogen-bond acceptors (Lipinski definition) is 8. The minimum atomic E-state index is -1.02. The summed E-state index contributed by atoms with van der Waals surface area (Å²) in [5.41, 5.74) is -0.659. The number of ketones is 1. The van der Waals surface area contributed by atoms with Crippen LogP contribution in [0.5, 0.6) is 0 Å². The van der Waals surface area contributed by atoms with Crippen molar-refractivity contribution >= 4 is 35.3 Å². The molecule has 13 heteroatoms. The van der Waals surface area contributed by atoms with E-state index in [4.69, 9.17) is 0 Å². The third kappa shape index (κ3) is 12.2. The number of carbonyl (C=O) groups is 6. The maximum atomic E-state index is 14.5. The molecule has 1 aromatic rings. The van der Waals surface area contributed by atoms with Crippen LogP contribution in [0.4, 0.5) is 0 Å². The van der Waals surface area contributed by atoms with E-state index < -0.39 is 58.9 Å². The summed E-state index contributed by atoms with van der Waals surface area (Å²) in [6.45, 7) is 10.9. The number of nitrogens with zero attached hydrogens (tertiary/aromatic N) is 3. The Morgan fingerprint density at radius 1 is 0.878 bits per heavy atom. The number of rotatable bonds is 16. The van der Waals surface area contributed by atoms with Crippen molar-refractivity contribution in [2.45, 2.75) is 136 Å². The second-order valence-corrected chi connectivity index (χ2v) is 15.0. The summed E-state index contributed by atoms with van der Waals surface area (Å²) in [5.74, 6) is -3.36. The molecular formula is C36H57N7O6. The Morgan fingerprint density at radius 2 is 1.53 bits per heavy atom. The molecule has 49 heavy (non-hydrogen) atoms. The largest absolute Gasteiger partial charge is 0.347 e. The lowest BCUT2D eigenvalue weighted by molar-refractivity contribution is -0.144. The van der Waals surface area contributed by atoms with Crippen molar-refractivity contribution in [2.75, 3.05) is 13.1 Å². The molecule has 1 aromatic heterocycles. The molecule has 0 radical (unpaired) electrons. The van der Waals surface area contributed by atoms with Crippen LogP contribution in [0.15, 0.2) is 18.6 Å². The fourth-order valence-electron chi connectivity index (χ4n) is 6.76. The second-order valence-electron chi connectivity index (χ2n) is 15.0. The third-order valence-electron chi connectivity index (χ3n) is 9.36. The summed E-state index contributed by atoms with van der Waals surface area (Å²) in [5, 5.41) is 11.2. The lowest BCUT2D eigenvalue weighted by Crippen LogP contribution is -2.61. The molecule has 2 aliphatic rings. The number of Topliss-reactive ketones (excluding diaryl/α,β-unsaturated/α-hetero) is 1. The van der Waals surface area contributed by atoms with Crippen molar-refractivity contribution in [3.63, 3.8) is 0 Å². The first-order chi connectivity index (χ1) is 23.2. The zero-order valence-electron chi connectivity index (χ0n) is 30.2. The summed E-state index contributed by atoms with van der Waals surface area (Å²) in [4.78, 5) is 90.2. The van der Waals surface area contributed by atoms with E-state index in [0.717, 1.165) is 57.8 Å². The Bertz CT molecular complexity index is 1290.